The molecule has 78 valence electrons. The molecule has 1 heterocycles. The highest BCUT2D eigenvalue weighted by Crippen LogP contribution is 2.20. The Hall–Kier alpha value is -1.74. The third kappa shape index (κ3) is 2.39. The van der Waals surface area contributed by atoms with E-state index in [0.29, 0.717) is 12.1 Å². The lowest BCUT2D eigenvalue weighted by Gasteiger charge is -2.09. The normalized spacial score (nSPS) is 12.6. The Morgan fingerprint density at radius 1 is 1.33 bits per heavy atom. The van der Waals surface area contributed by atoms with Gasteiger partial charge >= 0.3 is 0 Å². The highest BCUT2D eigenvalue weighted by molar-refractivity contribution is 5.41. The van der Waals surface area contributed by atoms with Crippen LogP contribution in [0, 0.1) is 0 Å². The third-order valence-electron chi connectivity index (χ3n) is 2.30. The second kappa shape index (κ2) is 4.19. The Kier molecular flexibility index (Phi) is 2.74. The highest BCUT2D eigenvalue weighted by Gasteiger charge is 2.09. The molecule has 15 heavy (non-hydrogen) atoms. The van der Waals surface area contributed by atoms with E-state index in [9.17, 15) is 5.11 Å². The quantitative estimate of drug-likeness (QED) is 0.751. The molecule has 0 aliphatic heterocycles. The molecule has 0 spiro atoms. The van der Waals surface area contributed by atoms with Gasteiger partial charge in [0.15, 0.2) is 0 Å². The van der Waals surface area contributed by atoms with Gasteiger partial charge in [-0.15, -0.1) is 0 Å². The van der Waals surface area contributed by atoms with E-state index in [1.54, 1.807) is 24.7 Å². The van der Waals surface area contributed by atoms with Gasteiger partial charge in [-0.2, -0.15) is 0 Å². The van der Waals surface area contributed by atoms with Gasteiger partial charge in [0.25, 0.3) is 0 Å². The first kappa shape index (κ1) is 9.80. The van der Waals surface area contributed by atoms with Crippen LogP contribution in [-0.4, -0.2) is 5.11 Å². The maximum Gasteiger partial charge on any atom is 0.0935 e. The summed E-state index contributed by atoms with van der Waals surface area (Å²) in [6.07, 6.45) is 3.24. The summed E-state index contributed by atoms with van der Waals surface area (Å²) in [5.41, 5.74) is 8.11. The van der Waals surface area contributed by atoms with Crippen molar-refractivity contribution in [3.05, 3.63) is 54.0 Å². The van der Waals surface area contributed by atoms with Gasteiger partial charge < -0.3 is 15.3 Å². The van der Waals surface area contributed by atoms with Crippen molar-refractivity contribution in [3.63, 3.8) is 0 Å². The minimum atomic E-state index is -0.536. The number of hydrogen-bond acceptors (Lipinski definition) is 3. The molecule has 1 unspecified atom stereocenters. The fraction of sp³-hybridized carbons (Fsp3) is 0.167. The first-order chi connectivity index (χ1) is 7.25. The first-order valence-electron chi connectivity index (χ1n) is 4.80. The monoisotopic (exact) mass is 203 g/mol. The predicted molar refractivity (Wildman–Crippen MR) is 58.2 cm³/mol. The average molecular weight is 203 g/mol. The number of rotatable bonds is 3. The maximum absolute atomic E-state index is 9.92. The number of benzene rings is 1. The van der Waals surface area contributed by atoms with Crippen molar-refractivity contribution in [2.45, 2.75) is 12.5 Å². The third-order valence-corrected chi connectivity index (χ3v) is 2.30. The number of nitrogens with two attached hydrogens (primary N) is 1. The lowest BCUT2D eigenvalue weighted by atomic mass is 10.0. The number of hydrogen-bond donors (Lipinski definition) is 2. The summed E-state index contributed by atoms with van der Waals surface area (Å²) < 4.78 is 4.94. The van der Waals surface area contributed by atoms with E-state index in [0.717, 1.165) is 11.1 Å². The van der Waals surface area contributed by atoms with Crippen LogP contribution in [0.5, 0.6) is 0 Å². The first-order valence-corrected chi connectivity index (χ1v) is 4.80. The van der Waals surface area contributed by atoms with Gasteiger partial charge in [0.1, 0.15) is 0 Å². The highest BCUT2D eigenvalue weighted by atomic mass is 16.3. The van der Waals surface area contributed by atoms with Crippen LogP contribution < -0.4 is 5.73 Å². The lowest BCUT2D eigenvalue weighted by Crippen LogP contribution is -2.01. The van der Waals surface area contributed by atoms with E-state index in [2.05, 4.69) is 0 Å². The van der Waals surface area contributed by atoms with Crippen molar-refractivity contribution < 1.29 is 9.52 Å². The molecule has 3 N–H and O–H groups in total. The Bertz CT molecular complexity index is 423. The largest absolute Gasteiger partial charge is 0.472 e. The molecule has 2 aromatic rings. The summed E-state index contributed by atoms with van der Waals surface area (Å²) in [6.45, 7) is 0. The second-order valence-electron chi connectivity index (χ2n) is 3.52. The standard InChI is InChI=1S/C12H13NO2/c13-11-3-1-2-10(7-11)12(14)6-9-4-5-15-8-9/h1-5,7-8,12,14H,6,13H2. The zero-order valence-electron chi connectivity index (χ0n) is 8.26. The number of aliphatic hydroxyl groups is 1. The van der Waals surface area contributed by atoms with Crippen molar-refractivity contribution in [2.24, 2.45) is 0 Å². The van der Waals surface area contributed by atoms with Crippen LogP contribution in [0.2, 0.25) is 0 Å². The number of anilines is 1. The molecule has 0 aliphatic rings. The van der Waals surface area contributed by atoms with Gasteiger partial charge in [0, 0.05) is 12.1 Å². The second-order valence-corrected chi connectivity index (χ2v) is 3.52. The Morgan fingerprint density at radius 3 is 2.87 bits per heavy atom. The molecule has 0 aliphatic carbocycles. The zero-order chi connectivity index (χ0) is 10.7. The molecule has 1 aromatic heterocycles. The Morgan fingerprint density at radius 2 is 2.20 bits per heavy atom. The smallest absolute Gasteiger partial charge is 0.0935 e. The van der Waals surface area contributed by atoms with Crippen LogP contribution in [0.4, 0.5) is 5.69 Å². The van der Waals surface area contributed by atoms with E-state index >= 15 is 0 Å². The summed E-state index contributed by atoms with van der Waals surface area (Å²) in [5, 5.41) is 9.92. The average Bonchev–Trinajstić information content (AvgIpc) is 2.70. The van der Waals surface area contributed by atoms with E-state index in [-0.39, 0.29) is 0 Å². The van der Waals surface area contributed by atoms with Crippen LogP contribution in [-0.2, 0) is 6.42 Å². The number of aliphatic hydroxyl groups excluding tert-OH is 1. The summed E-state index contributed by atoms with van der Waals surface area (Å²) in [7, 11) is 0. The summed E-state index contributed by atoms with van der Waals surface area (Å²) >= 11 is 0. The van der Waals surface area contributed by atoms with E-state index in [4.69, 9.17) is 10.2 Å². The van der Waals surface area contributed by atoms with Crippen LogP contribution >= 0.6 is 0 Å². The molecule has 3 nitrogen and oxygen atoms in total. The maximum atomic E-state index is 9.92. The lowest BCUT2D eigenvalue weighted by molar-refractivity contribution is 0.178. The van der Waals surface area contributed by atoms with Crippen LogP contribution in [0.25, 0.3) is 0 Å². The molecule has 1 atom stereocenters. The van der Waals surface area contributed by atoms with Crippen LogP contribution in [0.15, 0.2) is 47.3 Å². The van der Waals surface area contributed by atoms with Crippen LogP contribution in [0.1, 0.15) is 17.2 Å². The zero-order valence-corrected chi connectivity index (χ0v) is 8.26. The van der Waals surface area contributed by atoms with E-state index in [1.165, 1.54) is 0 Å². The van der Waals surface area contributed by atoms with Crippen molar-refractivity contribution in [1.82, 2.24) is 0 Å². The molecular weight excluding hydrogens is 190 g/mol. The Balaban J connectivity index is 2.11. The summed E-state index contributed by atoms with van der Waals surface area (Å²) in [6, 6.07) is 9.12. The van der Waals surface area contributed by atoms with Crippen molar-refractivity contribution in [2.75, 3.05) is 5.73 Å². The molecule has 0 saturated carbocycles. The van der Waals surface area contributed by atoms with E-state index in [1.807, 2.05) is 18.2 Å². The van der Waals surface area contributed by atoms with Crippen molar-refractivity contribution in [1.29, 1.82) is 0 Å². The number of nitrogen functional groups attached to an aromatic ring is 1. The molecule has 0 amide bonds. The minimum absolute atomic E-state index is 0.536. The number of furan rings is 1. The fourth-order valence-electron chi connectivity index (χ4n) is 1.52. The predicted octanol–water partition coefficient (Wildman–Crippen LogP) is 2.14. The van der Waals surface area contributed by atoms with E-state index < -0.39 is 6.10 Å². The van der Waals surface area contributed by atoms with Crippen LogP contribution in [0.3, 0.4) is 0 Å². The molecule has 2 rings (SSSR count). The summed E-state index contributed by atoms with van der Waals surface area (Å²) in [5.74, 6) is 0. The molecule has 0 radical (unpaired) electrons. The topological polar surface area (TPSA) is 59.4 Å². The minimum Gasteiger partial charge on any atom is -0.472 e. The van der Waals surface area contributed by atoms with Gasteiger partial charge in [-0.3, -0.25) is 0 Å². The molecule has 3 heteroatoms. The fourth-order valence-corrected chi connectivity index (χ4v) is 1.52. The molecule has 0 fully saturated rings. The van der Waals surface area contributed by atoms with Gasteiger partial charge in [-0.05, 0) is 29.3 Å². The van der Waals surface area contributed by atoms with Crippen molar-refractivity contribution >= 4 is 5.69 Å². The Labute approximate surface area is 88.1 Å². The molecule has 0 bridgehead atoms. The summed E-state index contributed by atoms with van der Waals surface area (Å²) in [4.78, 5) is 0. The molecular formula is C12H13NO2. The van der Waals surface area contributed by atoms with Gasteiger partial charge in [0.2, 0.25) is 0 Å². The molecule has 0 saturated heterocycles. The molecule has 1 aromatic carbocycles. The van der Waals surface area contributed by atoms with Gasteiger partial charge in [-0.1, -0.05) is 12.1 Å². The van der Waals surface area contributed by atoms with Gasteiger partial charge in [0.05, 0.1) is 18.6 Å². The van der Waals surface area contributed by atoms with Crippen molar-refractivity contribution in [3.8, 4) is 0 Å². The van der Waals surface area contributed by atoms with Gasteiger partial charge in [-0.25, -0.2) is 0 Å². The SMILES string of the molecule is Nc1cccc(C(O)Cc2ccoc2)c1.